The predicted molar refractivity (Wildman–Crippen MR) is 114 cm³/mol. The fourth-order valence-electron chi connectivity index (χ4n) is 2.42. The van der Waals surface area contributed by atoms with Gasteiger partial charge in [-0.1, -0.05) is 15.9 Å². The predicted octanol–water partition coefficient (Wildman–Crippen LogP) is 3.23. The SMILES string of the molecule is CC(=O)O[C@@H](C(=O)OC(C)(C)C)[C@@H](OC(C)=O)C(=O)N(CCCl)c1ccc(Br)cc1. The van der Waals surface area contributed by atoms with E-state index < -0.39 is 41.6 Å². The Morgan fingerprint density at radius 1 is 1.00 bits per heavy atom. The Hall–Kier alpha value is -2.13. The van der Waals surface area contributed by atoms with Crippen LogP contribution in [0.5, 0.6) is 0 Å². The summed E-state index contributed by atoms with van der Waals surface area (Å²) in [4.78, 5) is 50.6. The van der Waals surface area contributed by atoms with Gasteiger partial charge in [-0.05, 0) is 45.0 Å². The Bertz CT molecular complexity index is 776. The molecular formula is C20H25BrClNO7. The summed E-state index contributed by atoms with van der Waals surface area (Å²) < 4.78 is 16.2. The quantitative estimate of drug-likeness (QED) is 0.303. The minimum Gasteiger partial charge on any atom is -0.457 e. The van der Waals surface area contributed by atoms with Crippen molar-refractivity contribution in [3.63, 3.8) is 0 Å². The molecule has 0 N–H and O–H groups in total. The highest BCUT2D eigenvalue weighted by molar-refractivity contribution is 9.10. The normalized spacial score (nSPS) is 13.0. The van der Waals surface area contributed by atoms with Crippen molar-refractivity contribution in [2.24, 2.45) is 0 Å². The van der Waals surface area contributed by atoms with Gasteiger partial charge in [-0.3, -0.25) is 14.4 Å². The first-order valence-corrected chi connectivity index (χ1v) is 10.4. The number of benzene rings is 1. The van der Waals surface area contributed by atoms with E-state index in [1.165, 1.54) is 4.90 Å². The third kappa shape index (κ3) is 8.31. The Morgan fingerprint density at radius 3 is 1.93 bits per heavy atom. The summed E-state index contributed by atoms with van der Waals surface area (Å²) in [6.07, 6.45) is -3.54. The average molecular weight is 507 g/mol. The molecule has 0 saturated carbocycles. The van der Waals surface area contributed by atoms with Crippen LogP contribution < -0.4 is 4.90 Å². The average Bonchev–Trinajstić information content (AvgIpc) is 2.61. The van der Waals surface area contributed by atoms with Crippen molar-refractivity contribution < 1.29 is 33.4 Å². The maximum Gasteiger partial charge on any atom is 0.352 e. The van der Waals surface area contributed by atoms with Crippen LogP contribution >= 0.6 is 27.5 Å². The molecule has 1 aromatic carbocycles. The van der Waals surface area contributed by atoms with E-state index in [1.54, 1.807) is 45.0 Å². The zero-order valence-corrected chi connectivity index (χ0v) is 19.8. The largest absolute Gasteiger partial charge is 0.457 e. The maximum atomic E-state index is 13.3. The standard InChI is InChI=1S/C20H25BrClNO7/c1-12(24)28-16(17(29-13(2)25)19(27)30-20(3,4)5)18(26)23(11-10-22)15-8-6-14(21)7-9-15/h6-9,16-17H,10-11H2,1-5H3/t16-,17-/m1/s1. The molecule has 0 aliphatic carbocycles. The summed E-state index contributed by atoms with van der Waals surface area (Å²) in [7, 11) is 0. The zero-order chi connectivity index (χ0) is 23.1. The highest BCUT2D eigenvalue weighted by atomic mass is 79.9. The molecule has 0 aromatic heterocycles. The molecule has 166 valence electrons. The molecule has 8 nitrogen and oxygen atoms in total. The molecule has 10 heteroatoms. The van der Waals surface area contributed by atoms with Gasteiger partial charge in [-0.15, -0.1) is 11.6 Å². The van der Waals surface area contributed by atoms with Crippen LogP contribution in [-0.4, -0.2) is 54.0 Å². The first kappa shape index (κ1) is 25.9. The van der Waals surface area contributed by atoms with Gasteiger partial charge in [0.05, 0.1) is 0 Å². The molecule has 30 heavy (non-hydrogen) atoms. The Labute approximate surface area is 188 Å². The number of carbonyl (C=O) groups excluding carboxylic acids is 4. The number of amides is 1. The molecule has 0 fully saturated rings. The molecule has 0 unspecified atom stereocenters. The van der Waals surface area contributed by atoms with Gasteiger partial charge in [-0.25, -0.2) is 4.79 Å². The Morgan fingerprint density at radius 2 is 1.50 bits per heavy atom. The topological polar surface area (TPSA) is 99.2 Å². The van der Waals surface area contributed by atoms with Crippen LogP contribution in [-0.2, 0) is 33.4 Å². The number of hydrogen-bond acceptors (Lipinski definition) is 7. The van der Waals surface area contributed by atoms with Gasteiger partial charge >= 0.3 is 17.9 Å². The minimum atomic E-state index is -1.79. The van der Waals surface area contributed by atoms with Crippen LogP contribution in [0.1, 0.15) is 34.6 Å². The highest BCUT2D eigenvalue weighted by Crippen LogP contribution is 2.22. The molecular weight excluding hydrogens is 482 g/mol. The zero-order valence-electron chi connectivity index (χ0n) is 17.4. The molecule has 0 heterocycles. The molecule has 0 radical (unpaired) electrons. The van der Waals surface area contributed by atoms with Crippen LogP contribution in [0.25, 0.3) is 0 Å². The Balaban J connectivity index is 3.39. The van der Waals surface area contributed by atoms with Gasteiger partial charge < -0.3 is 19.1 Å². The summed E-state index contributed by atoms with van der Waals surface area (Å²) in [5.74, 6) is -3.41. The second-order valence-electron chi connectivity index (χ2n) is 7.25. The summed E-state index contributed by atoms with van der Waals surface area (Å²) in [6.45, 7) is 7.03. The smallest absolute Gasteiger partial charge is 0.352 e. The van der Waals surface area contributed by atoms with Crippen molar-refractivity contribution >= 4 is 57.0 Å². The summed E-state index contributed by atoms with van der Waals surface area (Å²) in [5.41, 5.74) is -0.479. The van der Waals surface area contributed by atoms with Crippen molar-refractivity contribution in [1.29, 1.82) is 0 Å². The fraction of sp³-hybridized carbons (Fsp3) is 0.500. The van der Waals surface area contributed by atoms with Crippen LogP contribution in [0.15, 0.2) is 28.7 Å². The second-order valence-corrected chi connectivity index (χ2v) is 8.54. The molecule has 1 aromatic rings. The lowest BCUT2D eigenvalue weighted by molar-refractivity contribution is -0.188. The van der Waals surface area contributed by atoms with E-state index in [9.17, 15) is 19.2 Å². The summed E-state index contributed by atoms with van der Waals surface area (Å²) in [5, 5.41) is 0. The lowest BCUT2D eigenvalue weighted by Gasteiger charge is -2.31. The van der Waals surface area contributed by atoms with E-state index in [2.05, 4.69) is 15.9 Å². The number of ether oxygens (including phenoxy) is 3. The van der Waals surface area contributed by atoms with Crippen molar-refractivity contribution in [2.45, 2.75) is 52.4 Å². The van der Waals surface area contributed by atoms with Gasteiger partial charge in [0.15, 0.2) is 0 Å². The van der Waals surface area contributed by atoms with E-state index in [1.807, 2.05) is 0 Å². The molecule has 0 saturated heterocycles. The van der Waals surface area contributed by atoms with E-state index in [0.717, 1.165) is 18.3 Å². The van der Waals surface area contributed by atoms with E-state index in [-0.39, 0.29) is 12.4 Å². The third-order valence-electron chi connectivity index (χ3n) is 3.46. The molecule has 0 aliphatic rings. The van der Waals surface area contributed by atoms with E-state index in [4.69, 9.17) is 25.8 Å². The van der Waals surface area contributed by atoms with Gasteiger partial charge in [0.1, 0.15) is 5.60 Å². The van der Waals surface area contributed by atoms with E-state index in [0.29, 0.717) is 5.69 Å². The third-order valence-corrected chi connectivity index (χ3v) is 4.15. The van der Waals surface area contributed by atoms with Gasteiger partial charge in [0.25, 0.3) is 5.91 Å². The van der Waals surface area contributed by atoms with Crippen molar-refractivity contribution in [3.05, 3.63) is 28.7 Å². The summed E-state index contributed by atoms with van der Waals surface area (Å²) >= 11 is 9.17. The van der Waals surface area contributed by atoms with Gasteiger partial charge in [-0.2, -0.15) is 0 Å². The minimum absolute atomic E-state index is 0.0564. The molecule has 0 bridgehead atoms. The van der Waals surface area contributed by atoms with Gasteiger partial charge in [0.2, 0.25) is 12.2 Å². The van der Waals surface area contributed by atoms with Crippen molar-refractivity contribution in [3.8, 4) is 0 Å². The fourth-order valence-corrected chi connectivity index (χ4v) is 2.85. The first-order valence-electron chi connectivity index (χ1n) is 9.06. The molecule has 1 rings (SSSR count). The highest BCUT2D eigenvalue weighted by Gasteiger charge is 2.44. The van der Waals surface area contributed by atoms with Crippen LogP contribution in [0.2, 0.25) is 0 Å². The van der Waals surface area contributed by atoms with Gasteiger partial charge in [0, 0.05) is 36.4 Å². The van der Waals surface area contributed by atoms with Crippen LogP contribution in [0.3, 0.4) is 0 Å². The first-order chi connectivity index (χ1) is 13.9. The molecule has 0 spiro atoms. The number of rotatable bonds is 8. The molecule has 1 amide bonds. The Kier molecular flexibility index (Phi) is 9.77. The number of nitrogens with zero attached hydrogens (tertiary/aromatic N) is 1. The number of alkyl halides is 1. The monoisotopic (exact) mass is 505 g/mol. The number of esters is 3. The number of halogens is 2. The van der Waals surface area contributed by atoms with Crippen molar-refractivity contribution in [2.75, 3.05) is 17.3 Å². The molecule has 0 aliphatic heterocycles. The number of hydrogen-bond donors (Lipinski definition) is 0. The van der Waals surface area contributed by atoms with Crippen LogP contribution in [0.4, 0.5) is 5.69 Å². The molecule has 2 atom stereocenters. The summed E-state index contributed by atoms with van der Waals surface area (Å²) in [6, 6.07) is 6.71. The van der Waals surface area contributed by atoms with E-state index >= 15 is 0 Å². The number of carbonyl (C=O) groups is 4. The lowest BCUT2D eigenvalue weighted by atomic mass is 10.1. The second kappa shape index (κ2) is 11.3. The van der Waals surface area contributed by atoms with Crippen LogP contribution in [0, 0.1) is 0 Å². The lowest BCUT2D eigenvalue weighted by Crippen LogP contribution is -2.53. The number of anilines is 1. The maximum absolute atomic E-state index is 13.3. The van der Waals surface area contributed by atoms with Crippen molar-refractivity contribution in [1.82, 2.24) is 0 Å².